The van der Waals surface area contributed by atoms with Crippen LogP contribution in [0.4, 0.5) is 0 Å². The van der Waals surface area contributed by atoms with Gasteiger partial charge in [0.15, 0.2) is 0 Å². The van der Waals surface area contributed by atoms with Gasteiger partial charge in [-0.1, -0.05) is 26.7 Å². The van der Waals surface area contributed by atoms with E-state index in [-0.39, 0.29) is 5.78 Å². The number of carbonyl (C=O) groups excluding carboxylic acids is 1. The number of nitrogens with zero attached hydrogens (tertiary/aromatic N) is 2. The average Bonchev–Trinajstić information content (AvgIpc) is 3.07. The van der Waals surface area contributed by atoms with Crippen LogP contribution in [0, 0.1) is 11.8 Å². The first-order valence-corrected chi connectivity index (χ1v) is 8.34. The summed E-state index contributed by atoms with van der Waals surface area (Å²) in [6.45, 7) is 4.95. The maximum absolute atomic E-state index is 12.2. The molecule has 1 saturated carbocycles. The molecule has 0 aliphatic heterocycles. The van der Waals surface area contributed by atoms with Crippen molar-refractivity contribution >= 4 is 5.78 Å². The van der Waals surface area contributed by atoms with Crippen molar-refractivity contribution in [2.75, 3.05) is 6.54 Å². The summed E-state index contributed by atoms with van der Waals surface area (Å²) in [4.78, 5) is 12.2. The Morgan fingerprint density at radius 1 is 1.43 bits per heavy atom. The minimum atomic E-state index is 0.266. The van der Waals surface area contributed by atoms with Crippen LogP contribution in [0.15, 0.2) is 12.3 Å². The first kappa shape index (κ1) is 16.2. The van der Waals surface area contributed by atoms with Crippen LogP contribution >= 0.6 is 0 Å². The molecule has 0 saturated heterocycles. The maximum Gasteiger partial charge on any atom is 0.139 e. The summed E-state index contributed by atoms with van der Waals surface area (Å²) >= 11 is 0. The summed E-state index contributed by atoms with van der Waals surface area (Å²) in [6, 6.07) is 2.54. The molecule has 1 fully saturated rings. The molecule has 2 rings (SSSR count). The maximum atomic E-state index is 12.2. The summed E-state index contributed by atoms with van der Waals surface area (Å²) in [5, 5.41) is 4.59. The standard InChI is InChI=1S/C17H29N3O/c1-13(2)9-14(12-18)10-17(21)11-15-7-8-20(19-15)16-5-3-4-6-16/h7-8,13-14,16H,3-6,9-12,18H2,1-2H3. The molecule has 4 nitrogen and oxygen atoms in total. The molecule has 1 aliphatic rings. The summed E-state index contributed by atoms with van der Waals surface area (Å²) in [5.41, 5.74) is 6.69. The Balaban J connectivity index is 1.84. The molecular formula is C17H29N3O. The number of hydrogen-bond acceptors (Lipinski definition) is 3. The Morgan fingerprint density at radius 3 is 2.76 bits per heavy atom. The van der Waals surface area contributed by atoms with E-state index in [1.807, 2.05) is 12.3 Å². The van der Waals surface area contributed by atoms with Crippen molar-refractivity contribution in [3.05, 3.63) is 18.0 Å². The molecule has 1 heterocycles. The van der Waals surface area contributed by atoms with Crippen LogP contribution in [0.1, 0.15) is 64.1 Å². The van der Waals surface area contributed by atoms with Gasteiger partial charge < -0.3 is 5.73 Å². The number of rotatable bonds is 8. The van der Waals surface area contributed by atoms with E-state index < -0.39 is 0 Å². The van der Waals surface area contributed by atoms with Gasteiger partial charge in [0, 0.05) is 12.6 Å². The van der Waals surface area contributed by atoms with E-state index in [0.29, 0.717) is 37.3 Å². The number of Topliss-reactive ketones (excluding diaryl/α,β-unsaturated/α-hetero) is 1. The van der Waals surface area contributed by atoms with E-state index in [9.17, 15) is 4.79 Å². The first-order chi connectivity index (χ1) is 10.1. The number of nitrogens with two attached hydrogens (primary N) is 1. The van der Waals surface area contributed by atoms with E-state index in [0.717, 1.165) is 12.1 Å². The summed E-state index contributed by atoms with van der Waals surface area (Å²) in [6.07, 6.45) is 9.14. The topological polar surface area (TPSA) is 60.9 Å². The highest BCUT2D eigenvalue weighted by molar-refractivity contribution is 5.80. The summed E-state index contributed by atoms with van der Waals surface area (Å²) < 4.78 is 2.06. The van der Waals surface area contributed by atoms with Crippen LogP contribution in [-0.4, -0.2) is 22.1 Å². The van der Waals surface area contributed by atoms with E-state index in [1.165, 1.54) is 25.7 Å². The van der Waals surface area contributed by atoms with Gasteiger partial charge in [0.05, 0.1) is 18.2 Å². The lowest BCUT2D eigenvalue weighted by Gasteiger charge is -2.15. The van der Waals surface area contributed by atoms with Gasteiger partial charge in [-0.15, -0.1) is 0 Å². The Hall–Kier alpha value is -1.16. The first-order valence-electron chi connectivity index (χ1n) is 8.34. The van der Waals surface area contributed by atoms with Crippen molar-refractivity contribution in [1.82, 2.24) is 9.78 Å². The third-order valence-electron chi connectivity index (χ3n) is 4.40. The second kappa shape index (κ2) is 7.74. The zero-order chi connectivity index (χ0) is 15.2. The molecule has 1 aromatic heterocycles. The summed E-state index contributed by atoms with van der Waals surface area (Å²) in [5.74, 6) is 1.17. The third kappa shape index (κ3) is 4.95. The van der Waals surface area contributed by atoms with E-state index >= 15 is 0 Å². The summed E-state index contributed by atoms with van der Waals surface area (Å²) in [7, 11) is 0. The van der Waals surface area contributed by atoms with Gasteiger partial charge in [-0.25, -0.2) is 0 Å². The van der Waals surface area contributed by atoms with Crippen molar-refractivity contribution in [2.45, 2.75) is 64.8 Å². The average molecular weight is 291 g/mol. The molecule has 1 unspecified atom stereocenters. The van der Waals surface area contributed by atoms with Crippen molar-refractivity contribution < 1.29 is 4.79 Å². The second-order valence-electron chi connectivity index (χ2n) is 6.88. The van der Waals surface area contributed by atoms with Crippen LogP contribution in [0.25, 0.3) is 0 Å². The van der Waals surface area contributed by atoms with Gasteiger partial charge in [0.25, 0.3) is 0 Å². The molecule has 1 atom stereocenters. The second-order valence-corrected chi connectivity index (χ2v) is 6.88. The normalized spacial score (nSPS) is 17.5. The predicted molar refractivity (Wildman–Crippen MR) is 85.1 cm³/mol. The van der Waals surface area contributed by atoms with Crippen molar-refractivity contribution in [2.24, 2.45) is 17.6 Å². The Kier molecular flexibility index (Phi) is 5.97. The van der Waals surface area contributed by atoms with Crippen molar-refractivity contribution in [3.8, 4) is 0 Å². The fourth-order valence-electron chi connectivity index (χ4n) is 3.37. The Labute approximate surface area is 128 Å². The molecule has 1 aliphatic carbocycles. The lowest BCUT2D eigenvalue weighted by Crippen LogP contribution is -2.21. The SMILES string of the molecule is CC(C)CC(CN)CC(=O)Cc1ccn(C2CCCC2)n1. The Bertz CT molecular complexity index is 447. The molecule has 118 valence electrons. The van der Waals surface area contributed by atoms with E-state index in [1.54, 1.807) is 0 Å². The van der Waals surface area contributed by atoms with Crippen molar-refractivity contribution in [3.63, 3.8) is 0 Å². The third-order valence-corrected chi connectivity index (χ3v) is 4.40. The fraction of sp³-hybridized carbons (Fsp3) is 0.765. The molecule has 0 radical (unpaired) electrons. The van der Waals surface area contributed by atoms with Gasteiger partial charge >= 0.3 is 0 Å². The van der Waals surface area contributed by atoms with Gasteiger partial charge in [0.1, 0.15) is 5.78 Å². The minimum absolute atomic E-state index is 0.266. The monoisotopic (exact) mass is 291 g/mol. The molecule has 2 N–H and O–H groups in total. The van der Waals surface area contributed by atoms with E-state index in [2.05, 4.69) is 23.6 Å². The molecule has 0 bridgehead atoms. The molecule has 0 spiro atoms. The van der Waals surface area contributed by atoms with Crippen LogP contribution in [0.5, 0.6) is 0 Å². The number of hydrogen-bond donors (Lipinski definition) is 1. The van der Waals surface area contributed by atoms with Crippen LogP contribution < -0.4 is 5.73 Å². The largest absolute Gasteiger partial charge is 0.330 e. The number of ketones is 1. The molecule has 21 heavy (non-hydrogen) atoms. The fourth-order valence-corrected chi connectivity index (χ4v) is 3.37. The van der Waals surface area contributed by atoms with E-state index in [4.69, 9.17) is 5.73 Å². The quantitative estimate of drug-likeness (QED) is 0.800. The predicted octanol–water partition coefficient (Wildman–Crippen LogP) is 3.12. The molecular weight excluding hydrogens is 262 g/mol. The highest BCUT2D eigenvalue weighted by atomic mass is 16.1. The number of aromatic nitrogens is 2. The molecule has 1 aromatic rings. The number of carbonyl (C=O) groups is 1. The highest BCUT2D eigenvalue weighted by Crippen LogP contribution is 2.28. The smallest absolute Gasteiger partial charge is 0.139 e. The van der Waals surface area contributed by atoms with Gasteiger partial charge in [-0.05, 0) is 43.7 Å². The molecule has 0 aromatic carbocycles. The highest BCUT2D eigenvalue weighted by Gasteiger charge is 2.19. The van der Waals surface area contributed by atoms with Gasteiger partial charge in [-0.2, -0.15) is 5.10 Å². The zero-order valence-corrected chi connectivity index (χ0v) is 13.4. The van der Waals surface area contributed by atoms with Crippen LogP contribution in [0.3, 0.4) is 0 Å². The lowest BCUT2D eigenvalue weighted by molar-refractivity contribution is -0.119. The van der Waals surface area contributed by atoms with Gasteiger partial charge in [-0.3, -0.25) is 9.48 Å². The van der Waals surface area contributed by atoms with Crippen LogP contribution in [0.2, 0.25) is 0 Å². The lowest BCUT2D eigenvalue weighted by atomic mass is 9.91. The van der Waals surface area contributed by atoms with Crippen molar-refractivity contribution in [1.29, 1.82) is 0 Å². The zero-order valence-electron chi connectivity index (χ0n) is 13.4. The van der Waals surface area contributed by atoms with Gasteiger partial charge in [0.2, 0.25) is 0 Å². The molecule has 4 heteroatoms. The Morgan fingerprint density at radius 2 is 2.14 bits per heavy atom. The minimum Gasteiger partial charge on any atom is -0.330 e. The van der Waals surface area contributed by atoms with Crippen LogP contribution in [-0.2, 0) is 11.2 Å². The molecule has 0 amide bonds.